The molecule has 0 bridgehead atoms. The zero-order valence-corrected chi connectivity index (χ0v) is 18.9. The predicted octanol–water partition coefficient (Wildman–Crippen LogP) is 7.07. The maximum atomic E-state index is 13.0. The van der Waals surface area contributed by atoms with Crippen LogP contribution in [0.2, 0.25) is 10.2 Å². The second-order valence-corrected chi connectivity index (χ2v) is 7.83. The van der Waals surface area contributed by atoms with Crippen molar-refractivity contribution in [2.45, 2.75) is 19.3 Å². The molecule has 2 aromatic carbocycles. The number of aryl methyl sites for hydroxylation is 1. The van der Waals surface area contributed by atoms with Gasteiger partial charge in [0, 0.05) is 5.56 Å². The highest BCUT2D eigenvalue weighted by Gasteiger charge is 2.32. The molecule has 5 nitrogen and oxygen atoms in total. The second-order valence-electron chi connectivity index (χ2n) is 7.07. The third-order valence-electron chi connectivity index (χ3n) is 4.66. The van der Waals surface area contributed by atoms with Crippen LogP contribution in [0.25, 0.3) is 11.8 Å². The molecule has 1 N–H and O–H groups in total. The molecule has 13 heteroatoms. The van der Waals surface area contributed by atoms with Crippen LogP contribution in [0.3, 0.4) is 0 Å². The first-order valence-electron chi connectivity index (χ1n) is 9.45. The summed E-state index contributed by atoms with van der Waals surface area (Å²) in [7, 11) is 0. The van der Waals surface area contributed by atoms with Crippen molar-refractivity contribution in [3.05, 3.63) is 80.6 Å². The van der Waals surface area contributed by atoms with Gasteiger partial charge in [0.2, 0.25) is 0 Å². The molecule has 1 aromatic heterocycles. The molecule has 182 valence electrons. The molecule has 0 radical (unpaired) electrons. The summed E-state index contributed by atoms with van der Waals surface area (Å²) >= 11 is 12.1. The van der Waals surface area contributed by atoms with Crippen molar-refractivity contribution in [2.24, 2.45) is 0 Å². The van der Waals surface area contributed by atoms with Gasteiger partial charge in [-0.15, -0.1) is 0 Å². The van der Waals surface area contributed by atoms with Crippen molar-refractivity contribution in [2.75, 3.05) is 5.32 Å². The third-order valence-corrected chi connectivity index (χ3v) is 5.35. The molecule has 3 rings (SSSR count). The number of nitriles is 1. The third kappa shape index (κ3) is 5.78. The topological polar surface area (TPSA) is 70.7 Å². The van der Waals surface area contributed by atoms with Gasteiger partial charge in [-0.3, -0.25) is 4.79 Å². The highest BCUT2D eigenvalue weighted by atomic mass is 35.5. The van der Waals surface area contributed by atoms with Crippen LogP contribution in [0.4, 0.5) is 32.0 Å². The number of carbonyl (C=O) groups is 1. The van der Waals surface area contributed by atoms with Crippen molar-refractivity contribution >= 4 is 40.9 Å². The Kier molecular flexibility index (Phi) is 7.19. The number of rotatable bonds is 4. The Bertz CT molecular complexity index is 1370. The SMILES string of the molecule is Cc1nn(-c2cccc(C(F)(F)F)c2)c(Cl)c1/C=C(\C#N)C(=O)Nc1cc(C(F)(F)F)ccc1Cl. The van der Waals surface area contributed by atoms with E-state index in [0.29, 0.717) is 6.07 Å². The van der Waals surface area contributed by atoms with E-state index in [1.807, 2.05) is 0 Å². The van der Waals surface area contributed by atoms with Crippen molar-refractivity contribution in [1.29, 1.82) is 5.26 Å². The van der Waals surface area contributed by atoms with Crippen LogP contribution in [0, 0.1) is 18.3 Å². The Morgan fingerprint density at radius 3 is 2.29 bits per heavy atom. The Balaban J connectivity index is 1.97. The minimum absolute atomic E-state index is 0.0220. The molecule has 0 unspecified atom stereocenters. The number of benzene rings is 2. The number of hydrogen-bond acceptors (Lipinski definition) is 3. The van der Waals surface area contributed by atoms with Crippen LogP contribution in [-0.4, -0.2) is 15.7 Å². The molecule has 0 fully saturated rings. The number of anilines is 1. The van der Waals surface area contributed by atoms with Crippen LogP contribution >= 0.6 is 23.2 Å². The lowest BCUT2D eigenvalue weighted by molar-refractivity contribution is -0.138. The number of nitrogens with zero attached hydrogens (tertiary/aromatic N) is 3. The highest BCUT2D eigenvalue weighted by molar-refractivity contribution is 6.34. The quantitative estimate of drug-likeness (QED) is 0.222. The number of aromatic nitrogens is 2. The summed E-state index contributed by atoms with van der Waals surface area (Å²) in [6.07, 6.45) is -8.28. The van der Waals surface area contributed by atoms with Gasteiger partial charge in [0.1, 0.15) is 16.8 Å². The molecule has 35 heavy (non-hydrogen) atoms. The first-order chi connectivity index (χ1) is 16.2. The Hall–Kier alpha value is -3.49. The highest BCUT2D eigenvalue weighted by Crippen LogP contribution is 2.35. The molecule has 0 aliphatic carbocycles. The molecule has 0 aliphatic heterocycles. The lowest BCUT2D eigenvalue weighted by Gasteiger charge is -2.11. The van der Waals surface area contributed by atoms with E-state index in [1.165, 1.54) is 13.0 Å². The molecule has 1 heterocycles. The van der Waals surface area contributed by atoms with Gasteiger partial charge < -0.3 is 5.32 Å². The molecule has 3 aromatic rings. The fourth-order valence-corrected chi connectivity index (χ4v) is 3.43. The molecular weight excluding hydrogens is 521 g/mol. The Morgan fingerprint density at radius 1 is 1.06 bits per heavy atom. The van der Waals surface area contributed by atoms with Gasteiger partial charge >= 0.3 is 12.4 Å². The molecule has 0 saturated carbocycles. The molecule has 0 spiro atoms. The molecule has 1 amide bonds. The monoisotopic (exact) mass is 532 g/mol. The van der Waals surface area contributed by atoms with E-state index in [-0.39, 0.29) is 32.8 Å². The van der Waals surface area contributed by atoms with Gasteiger partial charge in [-0.1, -0.05) is 29.3 Å². The van der Waals surface area contributed by atoms with Gasteiger partial charge in [0.05, 0.1) is 33.2 Å². The maximum absolute atomic E-state index is 13.0. The summed E-state index contributed by atoms with van der Waals surface area (Å²) in [6.45, 7) is 1.44. The van der Waals surface area contributed by atoms with Crippen molar-refractivity contribution < 1.29 is 31.1 Å². The summed E-state index contributed by atoms with van der Waals surface area (Å²) < 4.78 is 79.0. The zero-order chi connectivity index (χ0) is 26.1. The van der Waals surface area contributed by atoms with E-state index in [9.17, 15) is 36.4 Å². The van der Waals surface area contributed by atoms with E-state index in [1.54, 1.807) is 6.07 Å². The lowest BCUT2D eigenvalue weighted by Crippen LogP contribution is -2.15. The van der Waals surface area contributed by atoms with E-state index in [0.717, 1.165) is 41.1 Å². The normalized spacial score (nSPS) is 12.4. The number of carbonyl (C=O) groups excluding carboxylic acids is 1. The second kappa shape index (κ2) is 9.64. The summed E-state index contributed by atoms with van der Waals surface area (Å²) in [4.78, 5) is 12.6. The summed E-state index contributed by atoms with van der Waals surface area (Å²) in [6, 6.07) is 8.06. The van der Waals surface area contributed by atoms with Crippen LogP contribution in [-0.2, 0) is 17.1 Å². The largest absolute Gasteiger partial charge is 0.416 e. The minimum atomic E-state index is -4.69. The van der Waals surface area contributed by atoms with E-state index in [4.69, 9.17) is 23.2 Å². The van der Waals surface area contributed by atoms with Crippen LogP contribution in [0.1, 0.15) is 22.4 Å². The smallest absolute Gasteiger partial charge is 0.320 e. The molecular formula is C22H12Cl2F6N4O. The summed E-state index contributed by atoms with van der Waals surface area (Å²) in [5.74, 6) is -1.09. The standard InChI is InChI=1S/C22H12Cl2F6N4O/c1-11-16(19(24)34(33-11)15-4-2-3-13(8-15)21(25,26)27)7-12(10-31)20(35)32-18-9-14(22(28,29)30)5-6-17(18)23/h2-9H,1H3,(H,32,35)/b12-7+. The molecule has 0 saturated heterocycles. The number of alkyl halides is 6. The summed E-state index contributed by atoms with van der Waals surface area (Å²) in [5, 5.41) is 15.3. The van der Waals surface area contributed by atoms with E-state index in [2.05, 4.69) is 10.4 Å². The number of amides is 1. The van der Waals surface area contributed by atoms with Crippen molar-refractivity contribution in [3.8, 4) is 11.8 Å². The van der Waals surface area contributed by atoms with Gasteiger partial charge in [0.15, 0.2) is 0 Å². The van der Waals surface area contributed by atoms with Gasteiger partial charge in [-0.25, -0.2) is 4.68 Å². The number of halogens is 8. The number of hydrogen-bond donors (Lipinski definition) is 1. The van der Waals surface area contributed by atoms with E-state index >= 15 is 0 Å². The Labute approximate surface area is 204 Å². The van der Waals surface area contributed by atoms with Gasteiger partial charge in [-0.05, 0) is 49.4 Å². The zero-order valence-electron chi connectivity index (χ0n) is 17.4. The van der Waals surface area contributed by atoms with Crippen LogP contribution < -0.4 is 5.32 Å². The fraction of sp³-hybridized carbons (Fsp3) is 0.136. The lowest BCUT2D eigenvalue weighted by atomic mass is 10.1. The summed E-state index contributed by atoms with van der Waals surface area (Å²) in [5.41, 5.74) is -2.75. The number of nitrogens with one attached hydrogen (secondary N) is 1. The average molecular weight is 533 g/mol. The minimum Gasteiger partial charge on any atom is -0.320 e. The van der Waals surface area contributed by atoms with E-state index < -0.39 is 35.0 Å². The predicted molar refractivity (Wildman–Crippen MR) is 117 cm³/mol. The van der Waals surface area contributed by atoms with Gasteiger partial charge in [0.25, 0.3) is 5.91 Å². The first kappa shape index (κ1) is 26.1. The Morgan fingerprint density at radius 2 is 1.69 bits per heavy atom. The maximum Gasteiger partial charge on any atom is 0.416 e. The average Bonchev–Trinajstić information content (AvgIpc) is 3.05. The molecule has 0 aliphatic rings. The molecule has 0 atom stereocenters. The van der Waals surface area contributed by atoms with Crippen molar-refractivity contribution in [3.63, 3.8) is 0 Å². The van der Waals surface area contributed by atoms with Gasteiger partial charge in [-0.2, -0.15) is 36.7 Å². The first-order valence-corrected chi connectivity index (χ1v) is 10.2. The van der Waals surface area contributed by atoms with Crippen LogP contribution in [0.15, 0.2) is 48.0 Å². The van der Waals surface area contributed by atoms with Crippen molar-refractivity contribution in [1.82, 2.24) is 9.78 Å². The van der Waals surface area contributed by atoms with Crippen LogP contribution in [0.5, 0.6) is 0 Å². The fourth-order valence-electron chi connectivity index (χ4n) is 2.94.